The summed E-state index contributed by atoms with van der Waals surface area (Å²) < 4.78 is 16.0. The molecule has 2 aromatic rings. The highest BCUT2D eigenvalue weighted by molar-refractivity contribution is 5.86. The number of aromatic nitrogens is 2. The quantitative estimate of drug-likeness (QED) is 0.617. The fourth-order valence-corrected chi connectivity index (χ4v) is 2.87. The van der Waals surface area contributed by atoms with Crippen molar-refractivity contribution < 1.29 is 23.8 Å². The van der Waals surface area contributed by atoms with Crippen molar-refractivity contribution in [1.82, 2.24) is 20.6 Å². The van der Waals surface area contributed by atoms with E-state index >= 15 is 0 Å². The molecule has 3 rings (SSSR count). The van der Waals surface area contributed by atoms with E-state index in [1.807, 2.05) is 0 Å². The molecule has 2 heterocycles. The molecule has 2 atom stereocenters. The Morgan fingerprint density at radius 2 is 2.04 bits per heavy atom. The number of benzene rings is 1. The molecule has 0 radical (unpaired) electrons. The van der Waals surface area contributed by atoms with E-state index in [2.05, 4.69) is 20.6 Å². The van der Waals surface area contributed by atoms with Gasteiger partial charge in [-0.3, -0.25) is 14.4 Å². The summed E-state index contributed by atoms with van der Waals surface area (Å²) in [4.78, 5) is 42.2. The minimum absolute atomic E-state index is 0.0508. The Hall–Kier alpha value is -3.40. The molecule has 10 nitrogen and oxygen atoms in total. The molecule has 10 heteroatoms. The SMILES string of the molecule is COc1ccc([C@H]2NC(=O)CO[C@@H]2C(=O)NCc2cc(=O)[nH]cn2)cc1OC. The van der Waals surface area contributed by atoms with Gasteiger partial charge in [-0.15, -0.1) is 0 Å². The van der Waals surface area contributed by atoms with Crippen LogP contribution in [0.5, 0.6) is 11.5 Å². The second kappa shape index (κ2) is 8.53. The van der Waals surface area contributed by atoms with Crippen LogP contribution in [0.4, 0.5) is 0 Å². The minimum Gasteiger partial charge on any atom is -0.493 e. The predicted octanol–water partition coefficient (Wildman–Crippen LogP) is -0.340. The first-order valence-electron chi connectivity index (χ1n) is 8.46. The Kier molecular flexibility index (Phi) is 5.90. The monoisotopic (exact) mass is 388 g/mol. The molecule has 0 spiro atoms. The highest BCUT2D eigenvalue weighted by Crippen LogP contribution is 2.32. The lowest BCUT2D eigenvalue weighted by atomic mass is 9.98. The summed E-state index contributed by atoms with van der Waals surface area (Å²) in [5.74, 6) is 0.212. The number of ether oxygens (including phenoxy) is 3. The fraction of sp³-hybridized carbons (Fsp3) is 0.333. The molecule has 1 aromatic heterocycles. The lowest BCUT2D eigenvalue weighted by molar-refractivity contribution is -0.148. The van der Waals surface area contributed by atoms with Crippen LogP contribution in [-0.4, -0.2) is 48.7 Å². The molecule has 28 heavy (non-hydrogen) atoms. The average molecular weight is 388 g/mol. The maximum atomic E-state index is 12.7. The van der Waals surface area contributed by atoms with Crippen molar-refractivity contribution >= 4 is 11.8 Å². The summed E-state index contributed by atoms with van der Waals surface area (Å²) >= 11 is 0. The van der Waals surface area contributed by atoms with Crippen LogP contribution in [0.1, 0.15) is 17.3 Å². The molecule has 148 valence electrons. The maximum Gasteiger partial charge on any atom is 0.251 e. The molecule has 1 aliphatic heterocycles. The lowest BCUT2D eigenvalue weighted by Crippen LogP contribution is -2.52. The normalized spacial score (nSPS) is 18.9. The molecule has 1 fully saturated rings. The lowest BCUT2D eigenvalue weighted by Gasteiger charge is -2.32. The van der Waals surface area contributed by atoms with Gasteiger partial charge in [-0.05, 0) is 17.7 Å². The summed E-state index contributed by atoms with van der Waals surface area (Å²) in [7, 11) is 3.01. The van der Waals surface area contributed by atoms with Crippen LogP contribution < -0.4 is 25.7 Å². The Balaban J connectivity index is 1.79. The number of hydrogen-bond acceptors (Lipinski definition) is 7. The number of H-pyrrole nitrogens is 1. The third kappa shape index (κ3) is 4.29. The van der Waals surface area contributed by atoms with Gasteiger partial charge in [-0.2, -0.15) is 0 Å². The van der Waals surface area contributed by atoms with Gasteiger partial charge in [0, 0.05) is 6.07 Å². The van der Waals surface area contributed by atoms with Crippen molar-refractivity contribution in [3.8, 4) is 11.5 Å². The zero-order valence-corrected chi connectivity index (χ0v) is 15.4. The van der Waals surface area contributed by atoms with E-state index in [-0.39, 0.29) is 24.6 Å². The van der Waals surface area contributed by atoms with Crippen LogP contribution in [0.2, 0.25) is 0 Å². The van der Waals surface area contributed by atoms with Gasteiger partial charge >= 0.3 is 0 Å². The van der Waals surface area contributed by atoms with Gasteiger partial charge in [-0.1, -0.05) is 6.07 Å². The molecule has 1 aromatic carbocycles. The van der Waals surface area contributed by atoms with Crippen molar-refractivity contribution in [2.75, 3.05) is 20.8 Å². The fourth-order valence-electron chi connectivity index (χ4n) is 2.87. The number of aromatic amines is 1. The summed E-state index contributed by atoms with van der Waals surface area (Å²) in [6.07, 6.45) is 0.297. The smallest absolute Gasteiger partial charge is 0.251 e. The van der Waals surface area contributed by atoms with E-state index in [0.717, 1.165) is 0 Å². The van der Waals surface area contributed by atoms with Crippen LogP contribution in [0.25, 0.3) is 0 Å². The zero-order valence-electron chi connectivity index (χ0n) is 15.4. The minimum atomic E-state index is -0.960. The maximum absolute atomic E-state index is 12.7. The Labute approximate surface area is 160 Å². The first kappa shape index (κ1) is 19.4. The van der Waals surface area contributed by atoms with Gasteiger partial charge in [0.1, 0.15) is 6.61 Å². The number of carbonyl (C=O) groups is 2. The zero-order chi connectivity index (χ0) is 20.1. The number of amides is 2. The van der Waals surface area contributed by atoms with Crippen LogP contribution in [-0.2, 0) is 20.9 Å². The first-order valence-corrected chi connectivity index (χ1v) is 8.46. The van der Waals surface area contributed by atoms with Crippen LogP contribution in [0.15, 0.2) is 35.4 Å². The van der Waals surface area contributed by atoms with Gasteiger partial charge in [0.15, 0.2) is 17.6 Å². The average Bonchev–Trinajstić information content (AvgIpc) is 2.71. The van der Waals surface area contributed by atoms with E-state index in [0.29, 0.717) is 22.8 Å². The number of nitrogens with one attached hydrogen (secondary N) is 3. The van der Waals surface area contributed by atoms with E-state index in [1.165, 1.54) is 26.6 Å². The number of methoxy groups -OCH3 is 2. The van der Waals surface area contributed by atoms with E-state index in [9.17, 15) is 14.4 Å². The van der Waals surface area contributed by atoms with Crippen molar-refractivity contribution in [2.24, 2.45) is 0 Å². The predicted molar refractivity (Wildman–Crippen MR) is 96.9 cm³/mol. The summed E-state index contributed by atoms with van der Waals surface area (Å²) in [6.45, 7) is -0.180. The van der Waals surface area contributed by atoms with E-state index < -0.39 is 18.1 Å². The highest BCUT2D eigenvalue weighted by atomic mass is 16.5. The van der Waals surface area contributed by atoms with Crippen LogP contribution in [0.3, 0.4) is 0 Å². The van der Waals surface area contributed by atoms with Gasteiger partial charge in [0.2, 0.25) is 5.91 Å². The number of carbonyl (C=O) groups excluding carboxylic acids is 2. The standard InChI is InChI=1S/C18H20N4O6/c1-26-12-4-3-10(5-13(12)27-2)16-17(28-8-15(24)22-16)18(25)19-7-11-6-14(23)21-9-20-11/h3-6,9,16-17H,7-8H2,1-2H3,(H,19,25)(H,22,24)(H,20,21,23)/t16-,17+/m1/s1. The molecule has 1 aliphatic rings. The Bertz CT molecular complexity index is 928. The van der Waals surface area contributed by atoms with Crippen LogP contribution in [0, 0.1) is 0 Å². The molecule has 3 N–H and O–H groups in total. The van der Waals surface area contributed by atoms with Gasteiger partial charge in [0.25, 0.3) is 11.5 Å². The molecule has 0 saturated carbocycles. The summed E-state index contributed by atoms with van der Waals surface area (Å²) in [6, 6.07) is 5.66. The van der Waals surface area contributed by atoms with Crippen molar-refractivity contribution in [3.63, 3.8) is 0 Å². The number of rotatable bonds is 6. The molecule has 1 saturated heterocycles. The molecule has 0 bridgehead atoms. The summed E-state index contributed by atoms with van der Waals surface area (Å²) in [5, 5.41) is 5.44. The Morgan fingerprint density at radius 1 is 1.25 bits per heavy atom. The molecular weight excluding hydrogens is 368 g/mol. The van der Waals surface area contributed by atoms with Crippen molar-refractivity contribution in [2.45, 2.75) is 18.7 Å². The summed E-state index contributed by atoms with van der Waals surface area (Å²) in [5.41, 5.74) is 0.711. The topological polar surface area (TPSA) is 132 Å². The number of hydrogen-bond donors (Lipinski definition) is 3. The van der Waals surface area contributed by atoms with E-state index in [4.69, 9.17) is 14.2 Å². The number of morpholine rings is 1. The molecule has 0 unspecified atom stereocenters. The van der Waals surface area contributed by atoms with Gasteiger partial charge in [-0.25, -0.2) is 4.98 Å². The highest BCUT2D eigenvalue weighted by Gasteiger charge is 2.36. The van der Waals surface area contributed by atoms with Gasteiger partial charge in [0.05, 0.1) is 38.8 Å². The van der Waals surface area contributed by atoms with Crippen molar-refractivity contribution in [3.05, 3.63) is 52.2 Å². The largest absolute Gasteiger partial charge is 0.493 e. The molecular formula is C18H20N4O6. The third-order valence-electron chi connectivity index (χ3n) is 4.22. The second-order valence-electron chi connectivity index (χ2n) is 6.01. The first-order chi connectivity index (χ1) is 13.5. The van der Waals surface area contributed by atoms with E-state index in [1.54, 1.807) is 18.2 Å². The van der Waals surface area contributed by atoms with Crippen LogP contribution >= 0.6 is 0 Å². The second-order valence-corrected chi connectivity index (χ2v) is 6.01. The number of nitrogens with zero attached hydrogens (tertiary/aromatic N) is 1. The van der Waals surface area contributed by atoms with Gasteiger partial charge < -0.3 is 29.8 Å². The molecule has 2 amide bonds. The Morgan fingerprint density at radius 3 is 2.75 bits per heavy atom. The van der Waals surface area contributed by atoms with Crippen molar-refractivity contribution in [1.29, 1.82) is 0 Å². The molecule has 0 aliphatic carbocycles. The third-order valence-corrected chi connectivity index (χ3v) is 4.22.